The lowest BCUT2D eigenvalue weighted by atomic mass is 10.1. The van der Waals surface area contributed by atoms with Gasteiger partial charge in [-0.05, 0) is 70.7 Å². The van der Waals surface area contributed by atoms with Crippen LogP contribution in [0.2, 0.25) is 0 Å². The maximum atomic E-state index is 12.3. The molecular weight excluding hydrogens is 358 g/mol. The Morgan fingerprint density at radius 1 is 1.11 bits per heavy atom. The van der Waals surface area contributed by atoms with Crippen molar-refractivity contribution in [2.75, 3.05) is 18.4 Å². The van der Waals surface area contributed by atoms with E-state index < -0.39 is 17.6 Å². The number of hydrogen-bond donors (Lipinski definition) is 2. The van der Waals surface area contributed by atoms with Gasteiger partial charge in [-0.25, -0.2) is 4.79 Å². The standard InChI is InChI=1S/C21H31N3O4/c1-21(2,3)28-20(27)15-7-9-16(10-8-15)23-19(26)17(22)11-12-18(25)24-13-5-4-6-14-24/h7-10,17H,4-6,11-14,22H2,1-3H3,(H,23,26)/t17-/m0/s1. The lowest BCUT2D eigenvalue weighted by Crippen LogP contribution is -2.39. The van der Waals surface area contributed by atoms with Gasteiger partial charge in [0.05, 0.1) is 11.6 Å². The summed E-state index contributed by atoms with van der Waals surface area (Å²) in [7, 11) is 0. The molecule has 0 aliphatic carbocycles. The van der Waals surface area contributed by atoms with Crippen LogP contribution in [0.15, 0.2) is 24.3 Å². The summed E-state index contributed by atoms with van der Waals surface area (Å²) in [6.07, 6.45) is 3.82. The summed E-state index contributed by atoms with van der Waals surface area (Å²) in [4.78, 5) is 38.3. The Kier molecular flexibility index (Phi) is 7.57. The van der Waals surface area contributed by atoms with Crippen LogP contribution in [0.1, 0.15) is 63.2 Å². The summed E-state index contributed by atoms with van der Waals surface area (Å²) in [6, 6.07) is 5.68. The topological polar surface area (TPSA) is 102 Å². The Balaban J connectivity index is 1.81. The molecule has 2 amide bonds. The molecule has 0 aromatic heterocycles. The van der Waals surface area contributed by atoms with Crippen molar-refractivity contribution in [1.82, 2.24) is 4.90 Å². The third kappa shape index (κ3) is 6.96. The van der Waals surface area contributed by atoms with E-state index in [-0.39, 0.29) is 18.2 Å². The van der Waals surface area contributed by atoms with Crippen molar-refractivity contribution >= 4 is 23.5 Å². The molecule has 1 fully saturated rings. The third-order valence-electron chi connectivity index (χ3n) is 4.50. The van der Waals surface area contributed by atoms with Crippen LogP contribution in [0.4, 0.5) is 5.69 Å². The predicted molar refractivity (Wildman–Crippen MR) is 108 cm³/mol. The molecule has 0 bridgehead atoms. The quantitative estimate of drug-likeness (QED) is 0.729. The zero-order valence-electron chi connectivity index (χ0n) is 17.0. The highest BCUT2D eigenvalue weighted by molar-refractivity contribution is 5.96. The van der Waals surface area contributed by atoms with E-state index in [1.165, 1.54) is 6.42 Å². The van der Waals surface area contributed by atoms with Gasteiger partial charge in [-0.15, -0.1) is 0 Å². The molecule has 1 aliphatic rings. The van der Waals surface area contributed by atoms with E-state index in [1.807, 2.05) is 4.90 Å². The molecule has 1 aromatic rings. The molecule has 154 valence electrons. The van der Waals surface area contributed by atoms with Gasteiger partial charge in [-0.3, -0.25) is 9.59 Å². The minimum absolute atomic E-state index is 0.0599. The molecule has 7 heteroatoms. The van der Waals surface area contributed by atoms with Gasteiger partial charge in [0.1, 0.15) is 5.60 Å². The first-order valence-electron chi connectivity index (χ1n) is 9.83. The first-order valence-corrected chi connectivity index (χ1v) is 9.83. The van der Waals surface area contributed by atoms with Crippen molar-refractivity contribution in [3.63, 3.8) is 0 Å². The number of carbonyl (C=O) groups excluding carboxylic acids is 3. The highest BCUT2D eigenvalue weighted by Gasteiger charge is 2.21. The highest BCUT2D eigenvalue weighted by Crippen LogP contribution is 2.16. The van der Waals surface area contributed by atoms with Crippen LogP contribution in [0.5, 0.6) is 0 Å². The third-order valence-corrected chi connectivity index (χ3v) is 4.50. The average molecular weight is 389 g/mol. The van der Waals surface area contributed by atoms with E-state index in [2.05, 4.69) is 5.32 Å². The monoisotopic (exact) mass is 389 g/mol. The van der Waals surface area contributed by atoms with Crippen molar-refractivity contribution in [3.8, 4) is 0 Å². The smallest absolute Gasteiger partial charge is 0.338 e. The predicted octanol–water partition coefficient (Wildman–Crippen LogP) is 2.70. The molecule has 3 N–H and O–H groups in total. The zero-order valence-corrected chi connectivity index (χ0v) is 17.0. The number of ether oxygens (including phenoxy) is 1. The van der Waals surface area contributed by atoms with E-state index in [0.29, 0.717) is 17.7 Å². The Labute approximate surface area is 166 Å². The molecule has 0 spiro atoms. The number of esters is 1. The van der Waals surface area contributed by atoms with Gasteiger partial charge in [0, 0.05) is 25.2 Å². The summed E-state index contributed by atoms with van der Waals surface area (Å²) < 4.78 is 5.31. The largest absolute Gasteiger partial charge is 0.456 e. The minimum atomic E-state index is -0.765. The molecule has 1 saturated heterocycles. The first kappa shape index (κ1) is 21.9. The van der Waals surface area contributed by atoms with Gasteiger partial charge in [0.25, 0.3) is 0 Å². The van der Waals surface area contributed by atoms with E-state index in [1.54, 1.807) is 45.0 Å². The van der Waals surface area contributed by atoms with Crippen LogP contribution < -0.4 is 11.1 Å². The second-order valence-electron chi connectivity index (χ2n) is 8.16. The lowest BCUT2D eigenvalue weighted by Gasteiger charge is -2.27. The van der Waals surface area contributed by atoms with E-state index in [0.717, 1.165) is 25.9 Å². The number of carbonyl (C=O) groups is 3. The SMILES string of the molecule is CC(C)(C)OC(=O)c1ccc(NC(=O)[C@@H](N)CCC(=O)N2CCCCC2)cc1. The molecule has 0 saturated carbocycles. The maximum absolute atomic E-state index is 12.3. The Morgan fingerprint density at radius 2 is 1.71 bits per heavy atom. The molecule has 7 nitrogen and oxygen atoms in total. The van der Waals surface area contributed by atoms with Gasteiger partial charge >= 0.3 is 5.97 Å². The molecule has 2 rings (SSSR count). The van der Waals surface area contributed by atoms with Gasteiger partial charge in [0.2, 0.25) is 11.8 Å². The number of likely N-dealkylation sites (tertiary alicyclic amines) is 1. The summed E-state index contributed by atoms with van der Waals surface area (Å²) in [5, 5.41) is 2.72. The van der Waals surface area contributed by atoms with Crippen LogP contribution in [-0.4, -0.2) is 47.4 Å². The molecule has 28 heavy (non-hydrogen) atoms. The number of hydrogen-bond acceptors (Lipinski definition) is 5. The number of nitrogens with one attached hydrogen (secondary N) is 1. The molecule has 1 aliphatic heterocycles. The van der Waals surface area contributed by atoms with Gasteiger partial charge in [-0.2, -0.15) is 0 Å². The molecule has 1 atom stereocenters. The van der Waals surface area contributed by atoms with Crippen LogP contribution >= 0.6 is 0 Å². The van der Waals surface area contributed by atoms with Crippen molar-refractivity contribution < 1.29 is 19.1 Å². The summed E-state index contributed by atoms with van der Waals surface area (Å²) in [5.74, 6) is -0.709. The number of nitrogens with two attached hydrogens (primary N) is 1. The second-order valence-corrected chi connectivity index (χ2v) is 8.16. The van der Waals surface area contributed by atoms with Crippen molar-refractivity contribution in [3.05, 3.63) is 29.8 Å². The van der Waals surface area contributed by atoms with Crippen LogP contribution in [0, 0.1) is 0 Å². The minimum Gasteiger partial charge on any atom is -0.456 e. The van der Waals surface area contributed by atoms with Gasteiger partial charge in [-0.1, -0.05) is 0 Å². The van der Waals surface area contributed by atoms with Crippen LogP contribution in [0.3, 0.4) is 0 Å². The Morgan fingerprint density at radius 3 is 2.29 bits per heavy atom. The number of piperidine rings is 1. The molecule has 0 radical (unpaired) electrons. The van der Waals surface area contributed by atoms with E-state index in [4.69, 9.17) is 10.5 Å². The van der Waals surface area contributed by atoms with Gasteiger partial charge in [0.15, 0.2) is 0 Å². The number of rotatable bonds is 6. The fourth-order valence-corrected chi connectivity index (χ4v) is 2.97. The number of amides is 2. The maximum Gasteiger partial charge on any atom is 0.338 e. The summed E-state index contributed by atoms with van der Waals surface area (Å²) in [5.41, 5.74) is 6.31. The van der Waals surface area contributed by atoms with Crippen molar-refractivity contribution in [1.29, 1.82) is 0 Å². The fourth-order valence-electron chi connectivity index (χ4n) is 2.97. The van der Waals surface area contributed by atoms with Crippen LogP contribution in [0.25, 0.3) is 0 Å². The highest BCUT2D eigenvalue weighted by atomic mass is 16.6. The first-order chi connectivity index (χ1) is 13.2. The summed E-state index contributed by atoms with van der Waals surface area (Å²) >= 11 is 0. The second kappa shape index (κ2) is 9.68. The molecule has 1 heterocycles. The number of benzene rings is 1. The fraction of sp³-hybridized carbons (Fsp3) is 0.571. The average Bonchev–Trinajstić information content (AvgIpc) is 2.65. The Bertz CT molecular complexity index is 689. The van der Waals surface area contributed by atoms with Gasteiger partial charge < -0.3 is 20.7 Å². The zero-order chi connectivity index (χ0) is 20.7. The Hall–Kier alpha value is -2.41. The molecular formula is C21H31N3O4. The van der Waals surface area contributed by atoms with Crippen molar-refractivity contribution in [2.45, 2.75) is 64.5 Å². The van der Waals surface area contributed by atoms with Crippen molar-refractivity contribution in [2.24, 2.45) is 5.73 Å². The van der Waals surface area contributed by atoms with E-state index >= 15 is 0 Å². The normalized spacial score (nSPS) is 15.6. The summed E-state index contributed by atoms with van der Waals surface area (Å²) in [6.45, 7) is 7.00. The molecule has 1 aromatic carbocycles. The molecule has 0 unspecified atom stereocenters. The van der Waals surface area contributed by atoms with Crippen LogP contribution in [-0.2, 0) is 14.3 Å². The number of anilines is 1. The number of nitrogens with zero attached hydrogens (tertiary/aromatic N) is 1. The lowest BCUT2D eigenvalue weighted by molar-refractivity contribution is -0.132. The van der Waals surface area contributed by atoms with E-state index in [9.17, 15) is 14.4 Å².